The van der Waals surface area contributed by atoms with Gasteiger partial charge in [0, 0.05) is 61.3 Å². The average molecular weight is 775 g/mol. The van der Waals surface area contributed by atoms with Gasteiger partial charge in [-0.25, -0.2) is 4.98 Å². The SMILES string of the molecule is CN1C(=O)C(COCCN)NC(=O)[C@H](CCCN)NCc2cccnc2Sc2c(Cl)ccc(C(F)(F)F)c2CNC(=O)C1Cc1c[nH]c2ccccc12. The second-order valence-electron chi connectivity index (χ2n) is 12.5. The Hall–Kier alpha value is -4.19. The highest BCUT2D eigenvalue weighted by Crippen LogP contribution is 2.43. The van der Waals surface area contributed by atoms with Crippen molar-refractivity contribution >= 4 is 52.0 Å². The molecule has 1 aliphatic rings. The van der Waals surface area contributed by atoms with Crippen LogP contribution in [0.1, 0.15) is 35.1 Å². The van der Waals surface area contributed by atoms with Crippen molar-refractivity contribution in [3.8, 4) is 0 Å². The van der Waals surface area contributed by atoms with E-state index in [2.05, 4.69) is 25.9 Å². The monoisotopic (exact) mass is 774 g/mol. The molecule has 12 nitrogen and oxygen atoms in total. The Balaban J connectivity index is 1.63. The van der Waals surface area contributed by atoms with Crippen LogP contribution in [0.4, 0.5) is 13.2 Å². The molecule has 53 heavy (non-hydrogen) atoms. The molecule has 17 heteroatoms. The summed E-state index contributed by atoms with van der Waals surface area (Å²) in [6.45, 7) is -0.163. The van der Waals surface area contributed by atoms with Gasteiger partial charge in [0.15, 0.2) is 0 Å². The van der Waals surface area contributed by atoms with Crippen molar-refractivity contribution in [1.82, 2.24) is 30.8 Å². The molecule has 1 aliphatic heterocycles. The zero-order valence-electron chi connectivity index (χ0n) is 29.0. The molecular weight excluding hydrogens is 733 g/mol. The summed E-state index contributed by atoms with van der Waals surface area (Å²) in [6, 6.07) is 9.51. The van der Waals surface area contributed by atoms with Crippen LogP contribution in [0.3, 0.4) is 0 Å². The summed E-state index contributed by atoms with van der Waals surface area (Å²) >= 11 is 7.52. The quantitative estimate of drug-likeness (QED) is 0.138. The number of alkyl halides is 3. The normalized spacial score (nSPS) is 19.3. The number of para-hydroxylation sites is 1. The molecule has 5 rings (SSSR count). The number of benzene rings is 2. The van der Waals surface area contributed by atoms with Gasteiger partial charge in [-0.15, -0.1) is 0 Å². The molecule has 0 fully saturated rings. The molecule has 3 heterocycles. The molecule has 0 saturated carbocycles. The number of nitrogens with zero attached hydrogens (tertiary/aromatic N) is 2. The zero-order chi connectivity index (χ0) is 38.1. The summed E-state index contributed by atoms with van der Waals surface area (Å²) in [5.41, 5.74) is 12.2. The minimum absolute atomic E-state index is 0.0103. The van der Waals surface area contributed by atoms with E-state index in [1.54, 1.807) is 18.3 Å². The molecule has 2 aromatic carbocycles. The number of aromatic amines is 1. The van der Waals surface area contributed by atoms with E-state index in [0.29, 0.717) is 35.5 Å². The number of H-pyrrole nitrogens is 1. The van der Waals surface area contributed by atoms with Gasteiger partial charge in [-0.05, 0) is 60.3 Å². The molecule has 0 spiro atoms. The lowest BCUT2D eigenvalue weighted by atomic mass is 10.0. The van der Waals surface area contributed by atoms with Gasteiger partial charge in [-0.1, -0.05) is 47.6 Å². The number of pyridine rings is 1. The predicted octanol–water partition coefficient (Wildman–Crippen LogP) is 3.74. The number of halogens is 4. The van der Waals surface area contributed by atoms with Crippen LogP contribution in [0.15, 0.2) is 70.8 Å². The number of carbonyl (C=O) groups excluding carboxylic acids is 3. The van der Waals surface area contributed by atoms with Crippen molar-refractivity contribution < 1.29 is 32.3 Å². The molecule has 2 aromatic heterocycles. The molecule has 284 valence electrons. The summed E-state index contributed by atoms with van der Waals surface area (Å²) in [5.74, 6) is -1.89. The van der Waals surface area contributed by atoms with Gasteiger partial charge in [-0.2, -0.15) is 13.2 Å². The lowest BCUT2D eigenvalue weighted by Crippen LogP contribution is -2.58. The van der Waals surface area contributed by atoms with E-state index in [0.717, 1.165) is 34.8 Å². The van der Waals surface area contributed by atoms with E-state index in [-0.39, 0.29) is 48.2 Å². The number of likely N-dealkylation sites (N-methyl/N-ethyl adjacent to an activating group) is 1. The Morgan fingerprint density at radius 1 is 1.02 bits per heavy atom. The molecule has 0 aliphatic carbocycles. The van der Waals surface area contributed by atoms with Crippen molar-refractivity contribution in [1.29, 1.82) is 0 Å². The van der Waals surface area contributed by atoms with E-state index in [1.165, 1.54) is 18.1 Å². The number of hydrogen-bond acceptors (Lipinski definition) is 9. The Bertz CT molecular complexity index is 1910. The fraction of sp³-hybridized carbons (Fsp3) is 0.389. The fourth-order valence-electron chi connectivity index (χ4n) is 6.12. The number of amides is 3. The minimum Gasteiger partial charge on any atom is -0.377 e. The molecule has 0 bridgehead atoms. The van der Waals surface area contributed by atoms with Gasteiger partial charge in [0.25, 0.3) is 0 Å². The number of aromatic nitrogens is 2. The minimum atomic E-state index is -4.79. The van der Waals surface area contributed by atoms with Gasteiger partial charge in [0.1, 0.15) is 17.1 Å². The summed E-state index contributed by atoms with van der Waals surface area (Å²) in [5, 5.41) is 9.86. The summed E-state index contributed by atoms with van der Waals surface area (Å²) in [4.78, 5) is 51.2. The second kappa shape index (κ2) is 18.2. The lowest BCUT2D eigenvalue weighted by Gasteiger charge is -2.32. The van der Waals surface area contributed by atoms with Gasteiger partial charge in [0.2, 0.25) is 17.7 Å². The number of hydrogen-bond donors (Lipinski definition) is 6. The van der Waals surface area contributed by atoms with E-state index in [4.69, 9.17) is 27.8 Å². The molecular formula is C36H42ClF3N8O4S. The predicted molar refractivity (Wildman–Crippen MR) is 196 cm³/mol. The zero-order valence-corrected chi connectivity index (χ0v) is 30.5. The van der Waals surface area contributed by atoms with Gasteiger partial charge in [0.05, 0.1) is 29.8 Å². The van der Waals surface area contributed by atoms with Crippen LogP contribution in [0.2, 0.25) is 5.02 Å². The van der Waals surface area contributed by atoms with Crippen LogP contribution in [0.25, 0.3) is 10.9 Å². The maximum Gasteiger partial charge on any atom is 0.416 e. The van der Waals surface area contributed by atoms with E-state index < -0.39 is 54.1 Å². The maximum atomic E-state index is 14.6. The highest BCUT2D eigenvalue weighted by molar-refractivity contribution is 7.99. The highest BCUT2D eigenvalue weighted by atomic mass is 35.5. The Morgan fingerprint density at radius 2 is 1.81 bits per heavy atom. The van der Waals surface area contributed by atoms with Gasteiger partial charge < -0.3 is 42.0 Å². The Labute approximate surface area is 313 Å². The first-order valence-corrected chi connectivity index (χ1v) is 18.2. The molecule has 4 aromatic rings. The number of nitrogens with two attached hydrogens (primary N) is 2. The van der Waals surface area contributed by atoms with Crippen LogP contribution in [-0.4, -0.2) is 84.1 Å². The second-order valence-corrected chi connectivity index (χ2v) is 13.9. The highest BCUT2D eigenvalue weighted by Gasteiger charge is 2.37. The molecule has 3 atom stereocenters. The average Bonchev–Trinajstić information content (AvgIpc) is 3.55. The van der Waals surface area contributed by atoms with Crippen molar-refractivity contribution in [2.45, 2.75) is 66.6 Å². The number of nitrogens with one attached hydrogen (secondary N) is 4. The third-order valence-electron chi connectivity index (χ3n) is 8.93. The first-order valence-electron chi connectivity index (χ1n) is 17.0. The third-order valence-corrected chi connectivity index (χ3v) is 10.6. The standard InChI is InChI=1S/C36H42ClF3N8O4S/c1-48-30(16-22-18-44-27-8-3-2-7-23(22)27)33(50)46-19-24-25(36(38,39)40)10-11-26(37)31(24)53-34-21(6-5-14-43-34)17-45-28(9-4-12-41)32(49)47-29(35(48)51)20-52-15-13-42/h2-3,5-8,10-11,14,18,28-30,44-45H,4,9,12-13,15-17,19-20,41-42H2,1H3,(H,46,50)(H,47,49)/t28-,29?,30?/m0/s1. The topological polar surface area (TPSA) is 180 Å². The van der Waals surface area contributed by atoms with Crippen molar-refractivity contribution in [2.75, 3.05) is 33.4 Å². The van der Waals surface area contributed by atoms with Crippen molar-refractivity contribution in [3.63, 3.8) is 0 Å². The van der Waals surface area contributed by atoms with E-state index in [9.17, 15) is 27.6 Å². The smallest absolute Gasteiger partial charge is 0.377 e. The number of carbonyl (C=O) groups is 3. The molecule has 0 saturated heterocycles. The van der Waals surface area contributed by atoms with Crippen molar-refractivity contribution in [2.24, 2.45) is 11.5 Å². The van der Waals surface area contributed by atoms with Crippen LogP contribution in [-0.2, 0) is 44.8 Å². The van der Waals surface area contributed by atoms with E-state index in [1.807, 2.05) is 24.3 Å². The largest absolute Gasteiger partial charge is 0.416 e. The molecule has 3 amide bonds. The number of ether oxygens (including phenoxy) is 1. The molecule has 0 radical (unpaired) electrons. The van der Waals surface area contributed by atoms with Crippen LogP contribution >= 0.6 is 23.4 Å². The van der Waals surface area contributed by atoms with Crippen LogP contribution in [0, 0.1) is 0 Å². The Morgan fingerprint density at radius 3 is 2.57 bits per heavy atom. The van der Waals surface area contributed by atoms with E-state index >= 15 is 0 Å². The van der Waals surface area contributed by atoms with Crippen molar-refractivity contribution in [3.05, 3.63) is 88.2 Å². The van der Waals surface area contributed by atoms with Gasteiger partial charge >= 0.3 is 6.18 Å². The maximum absolute atomic E-state index is 14.6. The van der Waals surface area contributed by atoms with Crippen LogP contribution < -0.4 is 27.4 Å². The Kier molecular flexibility index (Phi) is 13.8. The summed E-state index contributed by atoms with van der Waals surface area (Å²) < 4.78 is 49.3. The lowest BCUT2D eigenvalue weighted by molar-refractivity contribution is -0.143. The molecule has 8 N–H and O–H groups in total. The van der Waals surface area contributed by atoms with Crippen LogP contribution in [0.5, 0.6) is 0 Å². The molecule has 2 unspecified atom stereocenters. The van der Waals surface area contributed by atoms with Gasteiger partial charge in [-0.3, -0.25) is 14.4 Å². The fourth-order valence-corrected chi connectivity index (χ4v) is 7.46. The third kappa shape index (κ3) is 9.87. The number of fused-ring (bicyclic) bond motifs is 3. The first kappa shape index (κ1) is 40.0. The number of rotatable bonds is 9. The summed E-state index contributed by atoms with van der Waals surface area (Å²) in [6.07, 6.45) is -0.808. The summed E-state index contributed by atoms with van der Waals surface area (Å²) in [7, 11) is 1.41. The first-order chi connectivity index (χ1) is 25.4.